The molecule has 5 heteroatoms. The molecule has 0 aromatic heterocycles. The van der Waals surface area contributed by atoms with E-state index in [0.717, 1.165) is 43.4 Å². The molecule has 0 spiro atoms. The molecule has 5 nitrogen and oxygen atoms in total. The van der Waals surface area contributed by atoms with Crippen LogP contribution in [0.4, 0.5) is 0 Å². The first kappa shape index (κ1) is 25.7. The Balaban J connectivity index is 2.34. The molecule has 0 heterocycles. The number of phenols is 1. The van der Waals surface area contributed by atoms with Gasteiger partial charge in [-0.1, -0.05) is 52.9 Å². The maximum atomic E-state index is 10.1. The molecule has 1 aromatic carbocycles. The van der Waals surface area contributed by atoms with Crippen molar-refractivity contribution in [1.82, 2.24) is 0 Å². The molecule has 29 heavy (non-hydrogen) atoms. The number of hydrogen-bond donors (Lipinski definition) is 3. The topological polar surface area (TPSA) is 79.2 Å². The fourth-order valence-corrected chi connectivity index (χ4v) is 3.36. The average molecular weight is 411 g/mol. The van der Waals surface area contributed by atoms with E-state index in [-0.39, 0.29) is 24.4 Å². The number of hydrogen-bond acceptors (Lipinski definition) is 5. The number of phenolic OH excluding ortho intramolecular Hbond substituents is 1. The highest BCUT2D eigenvalue weighted by Gasteiger charge is 2.21. The molecule has 0 saturated heterocycles. The third kappa shape index (κ3) is 10.9. The lowest BCUT2D eigenvalue weighted by molar-refractivity contribution is -0.0208. The maximum Gasteiger partial charge on any atom is 0.123 e. The normalized spacial score (nSPS) is 11.9. The minimum absolute atomic E-state index is 0.0194. The van der Waals surface area contributed by atoms with Crippen LogP contribution in [0, 0.1) is 0 Å². The minimum Gasteiger partial charge on any atom is -0.508 e. The summed E-state index contributed by atoms with van der Waals surface area (Å²) in [5.41, 5.74) is 1.15. The highest BCUT2D eigenvalue weighted by molar-refractivity contribution is 5.40. The van der Waals surface area contributed by atoms with Gasteiger partial charge in [0.2, 0.25) is 0 Å². The van der Waals surface area contributed by atoms with Crippen molar-refractivity contribution in [2.45, 2.75) is 90.1 Å². The molecule has 0 saturated carbocycles. The monoisotopic (exact) mass is 410 g/mol. The maximum absolute atomic E-state index is 10.1. The van der Waals surface area contributed by atoms with Crippen LogP contribution in [0.1, 0.15) is 84.1 Å². The number of aliphatic hydroxyl groups excluding tert-OH is 2. The summed E-state index contributed by atoms with van der Waals surface area (Å²) in [5, 5.41) is 28.0. The lowest BCUT2D eigenvalue weighted by atomic mass is 9.80. The van der Waals surface area contributed by atoms with E-state index in [2.05, 4.69) is 26.8 Å². The number of ether oxygens (including phenoxy) is 2. The fraction of sp³-hybridized carbons (Fsp3) is 0.750. The molecule has 1 aromatic rings. The molecule has 3 N–H and O–H groups in total. The molecule has 0 aliphatic heterocycles. The van der Waals surface area contributed by atoms with Gasteiger partial charge in [0, 0.05) is 12.7 Å². The lowest BCUT2D eigenvalue weighted by Crippen LogP contribution is -2.22. The first-order valence-corrected chi connectivity index (χ1v) is 11.2. The van der Waals surface area contributed by atoms with Crippen LogP contribution in [0.15, 0.2) is 18.2 Å². The van der Waals surface area contributed by atoms with Crippen molar-refractivity contribution in [3.05, 3.63) is 23.8 Å². The van der Waals surface area contributed by atoms with E-state index in [1.807, 2.05) is 6.07 Å². The summed E-state index contributed by atoms with van der Waals surface area (Å²) >= 11 is 0. The van der Waals surface area contributed by atoms with E-state index in [4.69, 9.17) is 19.7 Å². The van der Waals surface area contributed by atoms with Crippen LogP contribution >= 0.6 is 0 Å². The molecular formula is C24H42O5. The van der Waals surface area contributed by atoms with Crippen LogP contribution in [-0.4, -0.2) is 47.9 Å². The SMILES string of the molecule is CCCCCCC(C)(C)c1cc(O)cc(OCCCCCCOC(CO)CO)c1. The fourth-order valence-electron chi connectivity index (χ4n) is 3.36. The van der Waals surface area contributed by atoms with Crippen molar-refractivity contribution >= 4 is 0 Å². The molecule has 0 atom stereocenters. The van der Waals surface area contributed by atoms with Crippen molar-refractivity contribution < 1.29 is 24.8 Å². The van der Waals surface area contributed by atoms with E-state index in [9.17, 15) is 5.11 Å². The quantitative estimate of drug-likeness (QED) is 0.317. The summed E-state index contributed by atoms with van der Waals surface area (Å²) in [6.45, 7) is 7.57. The zero-order valence-corrected chi connectivity index (χ0v) is 18.7. The summed E-state index contributed by atoms with van der Waals surface area (Å²) in [5.74, 6) is 0.998. The van der Waals surface area contributed by atoms with Crippen LogP contribution in [0.2, 0.25) is 0 Å². The smallest absolute Gasteiger partial charge is 0.123 e. The Labute approximate surface area is 177 Å². The minimum atomic E-state index is -0.464. The van der Waals surface area contributed by atoms with E-state index in [1.165, 1.54) is 25.7 Å². The van der Waals surface area contributed by atoms with E-state index in [0.29, 0.717) is 13.2 Å². The summed E-state index contributed by atoms with van der Waals surface area (Å²) in [6.07, 6.45) is 9.50. The Bertz CT molecular complexity index is 540. The Kier molecular flexibility index (Phi) is 13.0. The van der Waals surface area contributed by atoms with Gasteiger partial charge in [0.25, 0.3) is 0 Å². The molecular weight excluding hydrogens is 368 g/mol. The summed E-state index contributed by atoms with van der Waals surface area (Å²) in [6, 6.07) is 5.62. The zero-order chi connectivity index (χ0) is 21.5. The van der Waals surface area contributed by atoms with Gasteiger partial charge in [-0.25, -0.2) is 0 Å². The second-order valence-electron chi connectivity index (χ2n) is 8.53. The van der Waals surface area contributed by atoms with Crippen molar-refractivity contribution in [2.24, 2.45) is 0 Å². The summed E-state index contributed by atoms with van der Waals surface area (Å²) < 4.78 is 11.2. The number of unbranched alkanes of at least 4 members (excludes halogenated alkanes) is 6. The Hall–Kier alpha value is -1.30. The summed E-state index contributed by atoms with van der Waals surface area (Å²) in [7, 11) is 0. The molecule has 1 rings (SSSR count). The van der Waals surface area contributed by atoms with Gasteiger partial charge >= 0.3 is 0 Å². The Morgan fingerprint density at radius 2 is 1.52 bits per heavy atom. The second kappa shape index (κ2) is 14.6. The molecule has 0 bridgehead atoms. The predicted octanol–water partition coefficient (Wildman–Crippen LogP) is 4.95. The zero-order valence-electron chi connectivity index (χ0n) is 18.7. The molecule has 0 amide bonds. The average Bonchev–Trinajstić information content (AvgIpc) is 2.70. The van der Waals surface area contributed by atoms with E-state index < -0.39 is 6.10 Å². The molecule has 0 fully saturated rings. The van der Waals surface area contributed by atoms with Crippen molar-refractivity contribution in [3.8, 4) is 11.5 Å². The van der Waals surface area contributed by atoms with Crippen LogP contribution in [0.25, 0.3) is 0 Å². The van der Waals surface area contributed by atoms with Crippen LogP contribution in [-0.2, 0) is 10.2 Å². The van der Waals surface area contributed by atoms with E-state index >= 15 is 0 Å². The van der Waals surface area contributed by atoms with Gasteiger partial charge in [0.1, 0.15) is 17.6 Å². The van der Waals surface area contributed by atoms with Gasteiger partial charge in [0.15, 0.2) is 0 Å². The highest BCUT2D eigenvalue weighted by atomic mass is 16.5. The van der Waals surface area contributed by atoms with Gasteiger partial charge in [-0.05, 0) is 48.8 Å². The number of aromatic hydroxyl groups is 1. The van der Waals surface area contributed by atoms with Crippen LogP contribution < -0.4 is 4.74 Å². The highest BCUT2D eigenvalue weighted by Crippen LogP contribution is 2.34. The second-order valence-corrected chi connectivity index (χ2v) is 8.53. The third-order valence-electron chi connectivity index (χ3n) is 5.40. The van der Waals surface area contributed by atoms with Gasteiger partial charge in [-0.15, -0.1) is 0 Å². The third-order valence-corrected chi connectivity index (χ3v) is 5.40. The largest absolute Gasteiger partial charge is 0.508 e. The number of aliphatic hydroxyl groups is 2. The molecule has 0 aliphatic carbocycles. The summed E-state index contributed by atoms with van der Waals surface area (Å²) in [4.78, 5) is 0. The molecule has 168 valence electrons. The van der Waals surface area contributed by atoms with Crippen LogP contribution in [0.5, 0.6) is 11.5 Å². The molecule has 0 unspecified atom stereocenters. The van der Waals surface area contributed by atoms with Crippen molar-refractivity contribution in [2.75, 3.05) is 26.4 Å². The Morgan fingerprint density at radius 3 is 2.17 bits per heavy atom. The molecule has 0 radical (unpaired) electrons. The predicted molar refractivity (Wildman–Crippen MR) is 118 cm³/mol. The van der Waals surface area contributed by atoms with Gasteiger partial charge in [-0.3, -0.25) is 0 Å². The van der Waals surface area contributed by atoms with Crippen molar-refractivity contribution in [3.63, 3.8) is 0 Å². The van der Waals surface area contributed by atoms with Crippen molar-refractivity contribution in [1.29, 1.82) is 0 Å². The van der Waals surface area contributed by atoms with Crippen LogP contribution in [0.3, 0.4) is 0 Å². The Morgan fingerprint density at radius 1 is 0.862 bits per heavy atom. The first-order valence-electron chi connectivity index (χ1n) is 11.2. The van der Waals surface area contributed by atoms with Gasteiger partial charge < -0.3 is 24.8 Å². The van der Waals surface area contributed by atoms with Gasteiger partial charge in [-0.2, -0.15) is 0 Å². The molecule has 0 aliphatic rings. The standard InChI is InChI=1S/C24H42O5/c1-4-5-6-9-12-24(2,3)20-15-21(27)17-22(16-20)28-13-10-7-8-11-14-29-23(18-25)19-26/h15-17,23,25-27H,4-14,18-19H2,1-3H3. The number of rotatable bonds is 17. The number of benzene rings is 1. The first-order chi connectivity index (χ1) is 13.9. The van der Waals surface area contributed by atoms with E-state index in [1.54, 1.807) is 6.07 Å². The van der Waals surface area contributed by atoms with Gasteiger partial charge in [0.05, 0.1) is 19.8 Å². The lowest BCUT2D eigenvalue weighted by Gasteiger charge is -2.26.